The molecule has 0 spiro atoms. The van der Waals surface area contributed by atoms with Crippen molar-refractivity contribution in [2.75, 3.05) is 36.0 Å². The molecule has 0 saturated carbocycles. The van der Waals surface area contributed by atoms with Crippen molar-refractivity contribution in [2.24, 2.45) is 0 Å². The Morgan fingerprint density at radius 1 is 0.796 bits per heavy atom. The minimum atomic E-state index is -4.02. The molecule has 0 aliphatic carbocycles. The lowest BCUT2D eigenvalue weighted by molar-refractivity contribution is -0.208. The molecule has 0 radical (unpaired) electrons. The van der Waals surface area contributed by atoms with Crippen molar-refractivity contribution in [3.8, 4) is 16.8 Å². The number of pyridine rings is 1. The first-order valence-electron chi connectivity index (χ1n) is 17.7. The van der Waals surface area contributed by atoms with Gasteiger partial charge in [0.05, 0.1) is 30.2 Å². The molecule has 1 unspecified atom stereocenters. The van der Waals surface area contributed by atoms with Gasteiger partial charge in [-0.2, -0.15) is 28.9 Å². The summed E-state index contributed by atoms with van der Waals surface area (Å²) >= 11 is 0. The summed E-state index contributed by atoms with van der Waals surface area (Å²) in [4.78, 5) is 22.5. The van der Waals surface area contributed by atoms with Gasteiger partial charge in [-0.1, -0.05) is 43.3 Å². The molecule has 1 aliphatic rings. The van der Waals surface area contributed by atoms with E-state index < -0.39 is 47.3 Å². The van der Waals surface area contributed by atoms with Gasteiger partial charge in [0, 0.05) is 54.9 Å². The molecule has 4 heterocycles. The summed E-state index contributed by atoms with van der Waals surface area (Å²) in [5.41, 5.74) is -0.533. The molecular formula is C39H40F3N9O3. The topological polar surface area (TPSA) is 130 Å². The number of aliphatic hydroxyl groups is 2. The maximum absolute atomic E-state index is 16.2. The van der Waals surface area contributed by atoms with E-state index in [2.05, 4.69) is 30.1 Å². The van der Waals surface area contributed by atoms with E-state index in [1.165, 1.54) is 52.4 Å². The maximum Gasteiger partial charge on any atom is 0.350 e. The standard InChI is InChI=1S/C39H40F3N9O3/c1-3-35(27(2)52)51-37(53)49(26-46-51)32-15-13-31(14-16-32)48-22-20-47(21-23-48)30-11-8-28(9-12-30)29-10-17-36(43-24-29)39(41,42)38(54,25-50-44-18-19-45-50)33-6-4-5-7-34(33)40/h4-19,24,26-27,35,52,54H,3,20-23,25H2,1-2H3/t27-,35-,38?/m0/s1. The van der Waals surface area contributed by atoms with Gasteiger partial charge in [0.25, 0.3) is 0 Å². The first-order chi connectivity index (χ1) is 26.0. The molecule has 1 saturated heterocycles. The highest BCUT2D eigenvalue weighted by Gasteiger charge is 2.58. The molecule has 3 atom stereocenters. The molecule has 2 N–H and O–H groups in total. The van der Waals surface area contributed by atoms with Gasteiger partial charge in [0.1, 0.15) is 24.4 Å². The van der Waals surface area contributed by atoms with Crippen LogP contribution in [0.3, 0.4) is 0 Å². The quantitative estimate of drug-likeness (QED) is 0.175. The number of aliphatic hydroxyl groups excluding tert-OH is 1. The third-order valence-corrected chi connectivity index (χ3v) is 10.1. The number of piperazine rings is 1. The Balaban J connectivity index is 1.000. The number of hydrogen-bond acceptors (Lipinski definition) is 9. The minimum Gasteiger partial charge on any atom is -0.391 e. The molecule has 12 nitrogen and oxygen atoms in total. The number of hydrogen-bond donors (Lipinski definition) is 2. The molecule has 15 heteroatoms. The maximum atomic E-state index is 16.2. The molecule has 1 fully saturated rings. The number of anilines is 2. The lowest BCUT2D eigenvalue weighted by atomic mass is 9.84. The summed E-state index contributed by atoms with van der Waals surface area (Å²) < 4.78 is 50.0. The van der Waals surface area contributed by atoms with E-state index >= 15 is 8.78 Å². The number of benzene rings is 3. The van der Waals surface area contributed by atoms with Gasteiger partial charge in [0.15, 0.2) is 5.60 Å². The van der Waals surface area contributed by atoms with Gasteiger partial charge in [-0.3, -0.25) is 4.98 Å². The number of nitrogens with zero attached hydrogens (tertiary/aromatic N) is 9. The largest absolute Gasteiger partial charge is 0.391 e. The summed E-state index contributed by atoms with van der Waals surface area (Å²) in [6, 6.07) is 22.6. The third-order valence-electron chi connectivity index (χ3n) is 10.1. The van der Waals surface area contributed by atoms with Crippen LogP contribution in [0, 0.1) is 5.82 Å². The first-order valence-corrected chi connectivity index (χ1v) is 17.7. The lowest BCUT2D eigenvalue weighted by Gasteiger charge is -2.37. The lowest BCUT2D eigenvalue weighted by Crippen LogP contribution is -2.48. The van der Waals surface area contributed by atoms with Crippen molar-refractivity contribution in [3.63, 3.8) is 0 Å². The first kappa shape index (κ1) is 36.6. The van der Waals surface area contributed by atoms with Crippen LogP contribution in [0.25, 0.3) is 16.8 Å². The molecule has 0 amide bonds. The van der Waals surface area contributed by atoms with Crippen molar-refractivity contribution in [1.82, 2.24) is 34.3 Å². The highest BCUT2D eigenvalue weighted by Crippen LogP contribution is 2.46. The molecule has 0 bridgehead atoms. The average molecular weight is 740 g/mol. The second-order valence-electron chi connectivity index (χ2n) is 13.4. The highest BCUT2D eigenvalue weighted by molar-refractivity contribution is 5.66. The van der Waals surface area contributed by atoms with Gasteiger partial charge in [-0.15, -0.1) is 0 Å². The smallest absolute Gasteiger partial charge is 0.350 e. The second-order valence-corrected chi connectivity index (χ2v) is 13.4. The molecule has 7 rings (SSSR count). The van der Waals surface area contributed by atoms with E-state index in [0.717, 1.165) is 66.1 Å². The van der Waals surface area contributed by atoms with E-state index in [1.807, 2.05) is 55.5 Å². The monoisotopic (exact) mass is 739 g/mol. The normalized spacial score (nSPS) is 15.9. The van der Waals surface area contributed by atoms with E-state index in [-0.39, 0.29) is 5.69 Å². The van der Waals surface area contributed by atoms with Crippen LogP contribution in [0.2, 0.25) is 0 Å². The van der Waals surface area contributed by atoms with Crippen LogP contribution >= 0.6 is 0 Å². The molecule has 3 aromatic carbocycles. The van der Waals surface area contributed by atoms with E-state index in [0.29, 0.717) is 17.7 Å². The van der Waals surface area contributed by atoms with Crippen molar-refractivity contribution >= 4 is 11.4 Å². The molecule has 6 aromatic rings. The zero-order valence-corrected chi connectivity index (χ0v) is 29.8. The number of alkyl halides is 2. The van der Waals surface area contributed by atoms with Crippen LogP contribution in [0.15, 0.2) is 115 Å². The Morgan fingerprint density at radius 3 is 1.93 bits per heavy atom. The summed E-state index contributed by atoms with van der Waals surface area (Å²) in [5, 5.41) is 33.5. The Kier molecular flexibility index (Phi) is 10.1. The summed E-state index contributed by atoms with van der Waals surface area (Å²) in [6.07, 6.45) is 5.25. The number of aromatic nitrogens is 7. The summed E-state index contributed by atoms with van der Waals surface area (Å²) in [7, 11) is 0. The van der Waals surface area contributed by atoms with Gasteiger partial charge >= 0.3 is 11.6 Å². The van der Waals surface area contributed by atoms with Crippen LogP contribution in [0.1, 0.15) is 37.6 Å². The van der Waals surface area contributed by atoms with Crippen molar-refractivity contribution < 1.29 is 23.4 Å². The Labute approximate surface area is 309 Å². The van der Waals surface area contributed by atoms with Crippen molar-refractivity contribution in [2.45, 2.75) is 50.5 Å². The van der Waals surface area contributed by atoms with Gasteiger partial charge in [-0.05, 0) is 67.4 Å². The Hall–Kier alpha value is -5.80. The van der Waals surface area contributed by atoms with E-state index in [9.17, 15) is 19.4 Å². The molecule has 1 aliphatic heterocycles. The predicted molar refractivity (Wildman–Crippen MR) is 197 cm³/mol. The molecule has 280 valence electrons. The Bertz CT molecular complexity index is 2220. The molecular weight excluding hydrogens is 699 g/mol. The van der Waals surface area contributed by atoms with Crippen LogP contribution < -0.4 is 15.5 Å². The van der Waals surface area contributed by atoms with Crippen LogP contribution in [-0.2, 0) is 18.1 Å². The molecule has 3 aromatic heterocycles. The summed E-state index contributed by atoms with van der Waals surface area (Å²) in [5.74, 6) is -5.00. The van der Waals surface area contributed by atoms with E-state index in [4.69, 9.17) is 0 Å². The predicted octanol–water partition coefficient (Wildman–Crippen LogP) is 5.16. The van der Waals surface area contributed by atoms with Gasteiger partial charge < -0.3 is 20.0 Å². The fourth-order valence-electron chi connectivity index (χ4n) is 6.99. The third kappa shape index (κ3) is 6.87. The van der Waals surface area contributed by atoms with Crippen LogP contribution in [0.4, 0.5) is 24.5 Å². The van der Waals surface area contributed by atoms with Crippen molar-refractivity contribution in [1.29, 1.82) is 0 Å². The average Bonchev–Trinajstić information content (AvgIpc) is 3.84. The van der Waals surface area contributed by atoms with Crippen LogP contribution in [0.5, 0.6) is 0 Å². The number of rotatable bonds is 12. The van der Waals surface area contributed by atoms with Gasteiger partial charge in [-0.25, -0.2) is 18.4 Å². The minimum absolute atomic E-state index is 0.297. The fraction of sp³-hybridized carbons (Fsp3) is 0.308. The SMILES string of the molecule is CC[C@@H]([C@H](C)O)n1ncn(-c2ccc(N3CCN(c4ccc(-c5ccc(C(F)(F)C(O)(Cn6nccn6)c6ccccc6F)nc5)cc4)CC3)cc2)c1=O. The number of halogens is 3. The van der Waals surface area contributed by atoms with Crippen molar-refractivity contribution in [3.05, 3.63) is 137 Å². The second kappa shape index (κ2) is 14.9. The zero-order chi connectivity index (χ0) is 38.0. The molecule has 54 heavy (non-hydrogen) atoms. The zero-order valence-electron chi connectivity index (χ0n) is 29.8. The highest BCUT2D eigenvalue weighted by atomic mass is 19.3. The Morgan fingerprint density at radius 2 is 1.37 bits per heavy atom. The van der Waals surface area contributed by atoms with Crippen LogP contribution in [-0.4, -0.2) is 76.8 Å². The summed E-state index contributed by atoms with van der Waals surface area (Å²) in [6.45, 7) is 5.86. The van der Waals surface area contributed by atoms with Gasteiger partial charge in [0.2, 0.25) is 0 Å². The van der Waals surface area contributed by atoms with E-state index in [1.54, 1.807) is 6.92 Å². The fourth-order valence-corrected chi connectivity index (χ4v) is 6.99.